The number of nitrogen functional groups attached to an aromatic ring is 1. The van der Waals surface area contributed by atoms with E-state index in [1.807, 2.05) is 0 Å². The van der Waals surface area contributed by atoms with Crippen molar-refractivity contribution in [2.24, 2.45) is 0 Å². The molecule has 0 bridgehead atoms. The van der Waals surface area contributed by atoms with Crippen LogP contribution >= 0.6 is 11.6 Å². The summed E-state index contributed by atoms with van der Waals surface area (Å²) in [5, 5.41) is 0.407. The number of fused-ring (bicyclic) bond motifs is 1. The lowest BCUT2D eigenvalue weighted by Gasteiger charge is -1.98. The maximum Gasteiger partial charge on any atom is 0.221 e. The Morgan fingerprint density at radius 3 is 3.00 bits per heavy atom. The lowest BCUT2D eigenvalue weighted by Crippen LogP contribution is -1.99. The Labute approximate surface area is 68.4 Å². The van der Waals surface area contributed by atoms with E-state index in [1.54, 1.807) is 0 Å². The first-order valence-electron chi connectivity index (χ1n) is 3.16. The molecule has 2 N–H and O–H groups in total. The largest absolute Gasteiger partial charge is 0.370 e. The van der Waals surface area contributed by atoms with Crippen LogP contribution in [0.3, 0.4) is 0 Å². The van der Waals surface area contributed by atoms with E-state index in [-0.39, 0.29) is 5.95 Å². The monoisotopic (exact) mass is 171 g/mol. The third-order valence-electron chi connectivity index (χ3n) is 1.54. The summed E-state index contributed by atoms with van der Waals surface area (Å²) in [5.41, 5.74) is 7.04. The molecule has 1 aliphatic heterocycles. The number of hydrogen-bond donors (Lipinski definition) is 1. The summed E-state index contributed by atoms with van der Waals surface area (Å²) in [6.07, 6.45) is 0. The van der Waals surface area contributed by atoms with Gasteiger partial charge in [-0.05, 0) is 0 Å². The minimum absolute atomic E-state index is 0.208. The zero-order valence-corrected chi connectivity index (χ0v) is 6.43. The second-order valence-electron chi connectivity index (χ2n) is 2.29. The molecule has 2 heterocycles. The Hall–Kier alpha value is -0.870. The fourth-order valence-corrected chi connectivity index (χ4v) is 1.28. The van der Waals surface area contributed by atoms with Gasteiger partial charge in [0.05, 0.1) is 18.9 Å². The molecule has 0 saturated heterocycles. The Bertz CT molecular complexity index is 302. The highest BCUT2D eigenvalue weighted by atomic mass is 35.5. The predicted octanol–water partition coefficient (Wildman–Crippen LogP) is 0.742. The number of nitrogens with zero attached hydrogens (tertiary/aromatic N) is 2. The summed E-state index contributed by atoms with van der Waals surface area (Å²) in [6, 6.07) is 0. The van der Waals surface area contributed by atoms with Crippen LogP contribution in [0.5, 0.6) is 0 Å². The SMILES string of the molecule is Nc1nc(Cl)c2c(n1)COC2. The van der Waals surface area contributed by atoms with Crippen molar-refractivity contribution in [3.8, 4) is 0 Å². The topological polar surface area (TPSA) is 61.0 Å². The summed E-state index contributed by atoms with van der Waals surface area (Å²) in [7, 11) is 0. The van der Waals surface area contributed by atoms with Crippen molar-refractivity contribution in [2.75, 3.05) is 5.73 Å². The number of ether oxygens (including phenoxy) is 1. The molecule has 0 fully saturated rings. The van der Waals surface area contributed by atoms with Gasteiger partial charge in [0.1, 0.15) is 5.15 Å². The van der Waals surface area contributed by atoms with Crippen molar-refractivity contribution < 1.29 is 4.74 Å². The smallest absolute Gasteiger partial charge is 0.221 e. The minimum Gasteiger partial charge on any atom is -0.370 e. The van der Waals surface area contributed by atoms with Crippen LogP contribution in [-0.4, -0.2) is 9.97 Å². The van der Waals surface area contributed by atoms with Crippen LogP contribution in [0.1, 0.15) is 11.3 Å². The molecule has 0 aliphatic carbocycles. The molecule has 0 atom stereocenters. The van der Waals surface area contributed by atoms with E-state index >= 15 is 0 Å². The molecule has 1 aromatic rings. The minimum atomic E-state index is 0.208. The van der Waals surface area contributed by atoms with Gasteiger partial charge in [-0.15, -0.1) is 0 Å². The van der Waals surface area contributed by atoms with Crippen LogP contribution in [0.2, 0.25) is 5.15 Å². The van der Waals surface area contributed by atoms with E-state index in [0.29, 0.717) is 18.4 Å². The number of rotatable bonds is 0. The molecule has 0 radical (unpaired) electrons. The van der Waals surface area contributed by atoms with Crippen molar-refractivity contribution in [1.82, 2.24) is 9.97 Å². The molecular formula is C6H6ClN3O. The van der Waals surface area contributed by atoms with E-state index in [9.17, 15) is 0 Å². The van der Waals surface area contributed by atoms with Gasteiger partial charge >= 0.3 is 0 Å². The molecule has 0 spiro atoms. The van der Waals surface area contributed by atoms with Crippen molar-refractivity contribution in [2.45, 2.75) is 13.2 Å². The number of nitrogens with two attached hydrogens (primary N) is 1. The maximum absolute atomic E-state index is 5.76. The van der Waals surface area contributed by atoms with Crippen molar-refractivity contribution in [3.05, 3.63) is 16.4 Å². The van der Waals surface area contributed by atoms with Gasteiger partial charge in [0.2, 0.25) is 5.95 Å². The maximum atomic E-state index is 5.76. The summed E-state index contributed by atoms with van der Waals surface area (Å²) in [4.78, 5) is 7.77. The third kappa shape index (κ3) is 1.04. The van der Waals surface area contributed by atoms with Gasteiger partial charge in [-0.3, -0.25) is 0 Å². The van der Waals surface area contributed by atoms with Gasteiger partial charge in [-0.1, -0.05) is 11.6 Å². The summed E-state index contributed by atoms with van der Waals surface area (Å²) in [5.74, 6) is 0.208. The second kappa shape index (κ2) is 2.32. The Morgan fingerprint density at radius 2 is 2.18 bits per heavy atom. The quantitative estimate of drug-likeness (QED) is 0.585. The van der Waals surface area contributed by atoms with Crippen LogP contribution in [-0.2, 0) is 18.0 Å². The Morgan fingerprint density at radius 1 is 1.36 bits per heavy atom. The first-order valence-corrected chi connectivity index (χ1v) is 3.53. The molecule has 0 unspecified atom stereocenters. The third-order valence-corrected chi connectivity index (χ3v) is 1.86. The fourth-order valence-electron chi connectivity index (χ4n) is 1.03. The molecule has 1 aromatic heterocycles. The molecular weight excluding hydrogens is 166 g/mol. The molecule has 4 nitrogen and oxygen atoms in total. The highest BCUT2D eigenvalue weighted by molar-refractivity contribution is 6.30. The summed E-state index contributed by atoms with van der Waals surface area (Å²) >= 11 is 5.76. The average molecular weight is 172 g/mol. The van der Waals surface area contributed by atoms with Gasteiger partial charge < -0.3 is 10.5 Å². The normalized spacial score (nSPS) is 15.0. The van der Waals surface area contributed by atoms with Crippen LogP contribution in [0.15, 0.2) is 0 Å². The Balaban J connectivity index is 2.60. The molecule has 58 valence electrons. The van der Waals surface area contributed by atoms with Gasteiger partial charge in [0.15, 0.2) is 0 Å². The van der Waals surface area contributed by atoms with E-state index in [2.05, 4.69) is 9.97 Å². The van der Waals surface area contributed by atoms with Crippen molar-refractivity contribution >= 4 is 17.5 Å². The van der Waals surface area contributed by atoms with Crippen LogP contribution in [0, 0.1) is 0 Å². The molecule has 0 amide bonds. The van der Waals surface area contributed by atoms with Gasteiger partial charge in [-0.2, -0.15) is 0 Å². The molecule has 2 rings (SSSR count). The number of hydrogen-bond acceptors (Lipinski definition) is 4. The van der Waals surface area contributed by atoms with Gasteiger partial charge in [-0.25, -0.2) is 9.97 Å². The first kappa shape index (κ1) is 6.82. The summed E-state index contributed by atoms with van der Waals surface area (Å²) in [6.45, 7) is 0.982. The van der Waals surface area contributed by atoms with E-state index in [4.69, 9.17) is 22.1 Å². The zero-order chi connectivity index (χ0) is 7.84. The fraction of sp³-hybridized carbons (Fsp3) is 0.333. The second-order valence-corrected chi connectivity index (χ2v) is 2.65. The lowest BCUT2D eigenvalue weighted by molar-refractivity contribution is 0.133. The highest BCUT2D eigenvalue weighted by Crippen LogP contribution is 2.24. The van der Waals surface area contributed by atoms with Crippen molar-refractivity contribution in [3.63, 3.8) is 0 Å². The lowest BCUT2D eigenvalue weighted by atomic mass is 10.3. The van der Waals surface area contributed by atoms with E-state index < -0.39 is 0 Å². The summed E-state index contributed by atoms with van der Waals surface area (Å²) < 4.78 is 5.11. The number of halogens is 1. The van der Waals surface area contributed by atoms with E-state index in [0.717, 1.165) is 11.3 Å². The van der Waals surface area contributed by atoms with Crippen LogP contribution in [0.25, 0.3) is 0 Å². The van der Waals surface area contributed by atoms with Crippen LogP contribution in [0.4, 0.5) is 5.95 Å². The molecule has 0 aromatic carbocycles. The average Bonchev–Trinajstić information content (AvgIpc) is 2.34. The van der Waals surface area contributed by atoms with Gasteiger partial charge in [0.25, 0.3) is 0 Å². The standard InChI is InChI=1S/C6H6ClN3O/c7-5-3-1-11-2-4(3)9-6(8)10-5/h1-2H2,(H2,8,9,10). The first-order chi connectivity index (χ1) is 5.27. The molecule has 5 heteroatoms. The van der Waals surface area contributed by atoms with Gasteiger partial charge in [0, 0.05) is 5.56 Å². The highest BCUT2D eigenvalue weighted by Gasteiger charge is 2.17. The predicted molar refractivity (Wildman–Crippen MR) is 39.9 cm³/mol. The molecule has 1 aliphatic rings. The van der Waals surface area contributed by atoms with Crippen LogP contribution < -0.4 is 5.73 Å². The number of aromatic nitrogens is 2. The van der Waals surface area contributed by atoms with E-state index in [1.165, 1.54) is 0 Å². The Kier molecular flexibility index (Phi) is 1.44. The molecule has 11 heavy (non-hydrogen) atoms. The van der Waals surface area contributed by atoms with Crippen molar-refractivity contribution in [1.29, 1.82) is 0 Å². The molecule has 0 saturated carbocycles. The number of anilines is 1. The zero-order valence-electron chi connectivity index (χ0n) is 5.67.